The highest BCUT2D eigenvalue weighted by atomic mass is 16.5. The van der Waals surface area contributed by atoms with Gasteiger partial charge in [-0.15, -0.1) is 0 Å². The van der Waals surface area contributed by atoms with Crippen LogP contribution >= 0.6 is 0 Å². The molecule has 4 N–H and O–H groups in total. The van der Waals surface area contributed by atoms with Gasteiger partial charge in [0.25, 0.3) is 0 Å². The molecule has 0 aromatic heterocycles. The first-order chi connectivity index (χ1) is 6.09. The van der Waals surface area contributed by atoms with Crippen LogP contribution in [0.4, 0.5) is 5.69 Å². The van der Waals surface area contributed by atoms with Gasteiger partial charge in [0, 0.05) is 5.69 Å². The van der Waals surface area contributed by atoms with Gasteiger partial charge < -0.3 is 16.2 Å². The molecule has 0 saturated carbocycles. The van der Waals surface area contributed by atoms with Gasteiger partial charge in [0.2, 0.25) is 0 Å². The van der Waals surface area contributed by atoms with Crippen molar-refractivity contribution in [3.8, 4) is 5.75 Å². The first-order valence-electron chi connectivity index (χ1n) is 3.47. The number of esters is 1. The molecule has 0 aliphatic heterocycles. The van der Waals surface area contributed by atoms with Gasteiger partial charge in [-0.3, -0.25) is 4.79 Å². The molecular formula is C8H8N2O3. The number of nitrogen functional groups attached to an aromatic ring is 1. The van der Waals surface area contributed by atoms with Gasteiger partial charge in [-0.1, -0.05) is 0 Å². The fraction of sp³-hybridized carbons (Fsp3) is 0. The van der Waals surface area contributed by atoms with Gasteiger partial charge >= 0.3 is 11.9 Å². The number of ether oxygens (including phenoxy) is 1. The predicted octanol–water partition coefficient (Wildman–Crippen LogP) is -0.341. The largest absolute Gasteiger partial charge is 0.419 e. The van der Waals surface area contributed by atoms with E-state index in [2.05, 4.69) is 10.5 Å². The summed E-state index contributed by atoms with van der Waals surface area (Å²) in [5.74, 6) is -1.99. The highest BCUT2D eigenvalue weighted by Crippen LogP contribution is 2.12. The van der Waals surface area contributed by atoms with E-state index in [1.165, 1.54) is 12.1 Å². The van der Waals surface area contributed by atoms with Crippen LogP contribution in [0, 0.1) is 0 Å². The predicted molar refractivity (Wildman–Crippen MR) is 45.7 cm³/mol. The van der Waals surface area contributed by atoms with Crippen molar-refractivity contribution in [2.45, 2.75) is 0 Å². The Balaban J connectivity index is 2.70. The summed E-state index contributed by atoms with van der Waals surface area (Å²) in [7, 11) is 0. The van der Waals surface area contributed by atoms with Crippen LogP contribution in [-0.2, 0) is 9.59 Å². The lowest BCUT2D eigenvalue weighted by Crippen LogP contribution is -2.27. The molecule has 0 spiro atoms. The number of carbonyl (C=O) groups excluding carboxylic acids is 2. The van der Waals surface area contributed by atoms with E-state index in [1.807, 2.05) is 0 Å². The molecule has 1 aromatic rings. The van der Waals surface area contributed by atoms with Crippen molar-refractivity contribution in [3.05, 3.63) is 24.3 Å². The number of hydrogen-bond donors (Lipinski definition) is 2. The lowest BCUT2D eigenvalue weighted by atomic mass is 10.3. The highest BCUT2D eigenvalue weighted by molar-refractivity contribution is 6.32. The Morgan fingerprint density at radius 3 is 2.15 bits per heavy atom. The number of primary amides is 1. The second kappa shape index (κ2) is 3.57. The van der Waals surface area contributed by atoms with E-state index in [0.29, 0.717) is 5.69 Å². The second-order valence-electron chi connectivity index (χ2n) is 2.32. The number of carbonyl (C=O) groups is 2. The average Bonchev–Trinajstić information content (AvgIpc) is 2.08. The molecule has 0 radical (unpaired) electrons. The number of amides is 1. The summed E-state index contributed by atoms with van der Waals surface area (Å²) in [5.41, 5.74) is 10.6. The number of hydrogen-bond acceptors (Lipinski definition) is 4. The van der Waals surface area contributed by atoms with Crippen LogP contribution in [0.2, 0.25) is 0 Å². The summed E-state index contributed by atoms with van der Waals surface area (Å²) in [6.45, 7) is 0. The summed E-state index contributed by atoms with van der Waals surface area (Å²) in [4.78, 5) is 21.0. The molecule has 0 unspecified atom stereocenters. The van der Waals surface area contributed by atoms with E-state index in [1.54, 1.807) is 12.1 Å². The third-order valence-electron chi connectivity index (χ3n) is 1.29. The zero-order chi connectivity index (χ0) is 9.84. The van der Waals surface area contributed by atoms with Gasteiger partial charge in [0.05, 0.1) is 0 Å². The molecule has 1 rings (SSSR count). The molecule has 0 saturated heterocycles. The zero-order valence-corrected chi connectivity index (χ0v) is 6.69. The highest BCUT2D eigenvalue weighted by Gasteiger charge is 2.10. The van der Waals surface area contributed by atoms with E-state index in [4.69, 9.17) is 5.73 Å². The maximum Gasteiger partial charge on any atom is 0.401 e. The Labute approximate surface area is 74.3 Å². The molecule has 0 atom stereocenters. The van der Waals surface area contributed by atoms with Crippen LogP contribution in [0.5, 0.6) is 5.75 Å². The van der Waals surface area contributed by atoms with Crippen molar-refractivity contribution in [1.29, 1.82) is 0 Å². The lowest BCUT2D eigenvalue weighted by molar-refractivity contribution is -0.146. The molecule has 13 heavy (non-hydrogen) atoms. The molecule has 0 aliphatic carbocycles. The summed E-state index contributed by atoms with van der Waals surface area (Å²) in [5, 5.41) is 0. The van der Waals surface area contributed by atoms with E-state index in [9.17, 15) is 9.59 Å². The van der Waals surface area contributed by atoms with Crippen LogP contribution in [0.15, 0.2) is 24.3 Å². The van der Waals surface area contributed by atoms with Gasteiger partial charge in [-0.25, -0.2) is 4.79 Å². The van der Waals surface area contributed by atoms with Crippen LogP contribution in [-0.4, -0.2) is 11.9 Å². The minimum atomic E-state index is -1.13. The van der Waals surface area contributed by atoms with Crippen molar-refractivity contribution < 1.29 is 14.3 Å². The molecule has 0 bridgehead atoms. The Bertz CT molecular complexity index is 332. The van der Waals surface area contributed by atoms with Crippen molar-refractivity contribution in [1.82, 2.24) is 0 Å². The van der Waals surface area contributed by atoms with Crippen LogP contribution in [0.1, 0.15) is 0 Å². The Kier molecular flexibility index (Phi) is 2.49. The fourth-order valence-electron chi connectivity index (χ4n) is 0.693. The standard InChI is InChI=1S/C8H8N2O3/c9-5-1-3-6(4-2-5)13-8(12)7(10)11/h1-4H,9H2,(H2,10,11). The van der Waals surface area contributed by atoms with Gasteiger partial charge in [0.1, 0.15) is 5.75 Å². The second-order valence-corrected chi connectivity index (χ2v) is 2.32. The molecule has 0 heterocycles. The summed E-state index contributed by atoms with van der Waals surface area (Å²) >= 11 is 0. The van der Waals surface area contributed by atoms with Crippen molar-refractivity contribution in [2.24, 2.45) is 5.73 Å². The van der Waals surface area contributed by atoms with E-state index in [-0.39, 0.29) is 5.75 Å². The summed E-state index contributed by atoms with van der Waals surface area (Å²) in [6, 6.07) is 6.03. The lowest BCUT2D eigenvalue weighted by Gasteiger charge is -2.00. The molecule has 5 heteroatoms. The molecular weight excluding hydrogens is 172 g/mol. The van der Waals surface area contributed by atoms with Crippen LogP contribution in [0.25, 0.3) is 0 Å². The smallest absolute Gasteiger partial charge is 0.401 e. The Hall–Kier alpha value is -2.04. The van der Waals surface area contributed by atoms with Crippen molar-refractivity contribution in [2.75, 3.05) is 5.73 Å². The summed E-state index contributed by atoms with van der Waals surface area (Å²) in [6.07, 6.45) is 0. The van der Waals surface area contributed by atoms with Gasteiger partial charge in [-0.2, -0.15) is 0 Å². The van der Waals surface area contributed by atoms with E-state index < -0.39 is 11.9 Å². The monoisotopic (exact) mass is 180 g/mol. The topological polar surface area (TPSA) is 95.4 Å². The maximum absolute atomic E-state index is 10.7. The third kappa shape index (κ3) is 2.48. The average molecular weight is 180 g/mol. The van der Waals surface area contributed by atoms with Crippen molar-refractivity contribution in [3.63, 3.8) is 0 Å². The quantitative estimate of drug-likeness (QED) is 0.267. The number of nitrogens with two attached hydrogens (primary N) is 2. The molecule has 5 nitrogen and oxygen atoms in total. The van der Waals surface area contributed by atoms with E-state index >= 15 is 0 Å². The molecule has 0 fully saturated rings. The first kappa shape index (κ1) is 9.05. The number of rotatable bonds is 1. The fourth-order valence-corrected chi connectivity index (χ4v) is 0.693. The molecule has 0 aliphatic rings. The Morgan fingerprint density at radius 1 is 1.15 bits per heavy atom. The molecule has 1 amide bonds. The van der Waals surface area contributed by atoms with Crippen molar-refractivity contribution >= 4 is 17.6 Å². The molecule has 1 aromatic carbocycles. The zero-order valence-electron chi connectivity index (χ0n) is 6.69. The van der Waals surface area contributed by atoms with Gasteiger partial charge in [0.15, 0.2) is 0 Å². The number of anilines is 1. The Morgan fingerprint density at radius 2 is 1.69 bits per heavy atom. The maximum atomic E-state index is 10.7. The molecule has 68 valence electrons. The van der Waals surface area contributed by atoms with E-state index in [0.717, 1.165) is 0 Å². The van der Waals surface area contributed by atoms with Crippen LogP contribution in [0.3, 0.4) is 0 Å². The SMILES string of the molecule is NC(=O)C(=O)Oc1ccc(N)cc1. The first-order valence-corrected chi connectivity index (χ1v) is 3.47. The van der Waals surface area contributed by atoms with Gasteiger partial charge in [-0.05, 0) is 24.3 Å². The van der Waals surface area contributed by atoms with Crippen LogP contribution < -0.4 is 16.2 Å². The normalized spacial score (nSPS) is 9.23. The summed E-state index contributed by atoms with van der Waals surface area (Å²) < 4.78 is 4.56. The minimum absolute atomic E-state index is 0.234. The minimum Gasteiger partial charge on any atom is -0.419 e. The third-order valence-corrected chi connectivity index (χ3v) is 1.29. The number of benzene rings is 1.